The van der Waals surface area contributed by atoms with Gasteiger partial charge in [0, 0.05) is 62.3 Å². The summed E-state index contributed by atoms with van der Waals surface area (Å²) in [4.78, 5) is 14.2. The van der Waals surface area contributed by atoms with Crippen molar-refractivity contribution in [3.05, 3.63) is 59.8 Å². The van der Waals surface area contributed by atoms with E-state index in [-0.39, 0.29) is 0 Å². The van der Waals surface area contributed by atoms with Crippen molar-refractivity contribution in [2.75, 3.05) is 43.5 Å². The molecule has 9 nitrogen and oxygen atoms in total. The number of nitrogens with one attached hydrogen (secondary N) is 1. The van der Waals surface area contributed by atoms with E-state index in [9.17, 15) is 5.26 Å². The molecular weight excluding hydrogens is 476 g/mol. The maximum absolute atomic E-state index is 9.70. The fraction of sp³-hybridized carbons (Fsp3) is 0.414. The van der Waals surface area contributed by atoms with Gasteiger partial charge < -0.3 is 15.0 Å². The second-order valence-electron chi connectivity index (χ2n) is 10.2. The Kier molecular flexibility index (Phi) is 6.64. The number of nitrogens with zero attached hydrogens (tertiary/aromatic N) is 7. The number of aromatic nitrogens is 3. The Balaban J connectivity index is 1.19. The van der Waals surface area contributed by atoms with E-state index in [1.807, 2.05) is 29.0 Å². The third-order valence-electron chi connectivity index (χ3n) is 7.81. The molecule has 38 heavy (non-hydrogen) atoms. The van der Waals surface area contributed by atoms with Gasteiger partial charge in [-0.3, -0.25) is 4.90 Å². The number of ether oxygens (including phenoxy) is 1. The number of anilines is 2. The lowest BCUT2D eigenvalue weighted by atomic mass is 9.87. The van der Waals surface area contributed by atoms with E-state index < -0.39 is 0 Å². The normalized spacial score (nSPS) is 19.8. The average Bonchev–Trinajstić information content (AvgIpc) is 3.39. The van der Waals surface area contributed by atoms with Crippen LogP contribution in [-0.2, 0) is 6.54 Å². The standard InChI is InChI=1S/C29H33N8O/c1-3-4-9-31-23-10-26(29-22(12-30)15-34-37(29)17-23)21-6-7-27(32-14-21)35-18-24-11-25(19-35)36(24)16-20-5-8-28(38-2)33-13-20/h5-8,10,13-14,17,24-25,31H,3-4,9,11,15-16,18-19H2,1-2H3/q+1. The summed E-state index contributed by atoms with van der Waals surface area (Å²) in [5.74, 6) is 1.65. The molecule has 0 aromatic carbocycles. The van der Waals surface area contributed by atoms with Crippen molar-refractivity contribution in [2.45, 2.75) is 44.8 Å². The topological polar surface area (TPSA) is 95.6 Å². The van der Waals surface area contributed by atoms with Gasteiger partial charge in [-0.05, 0) is 41.7 Å². The number of pyridine rings is 3. The lowest BCUT2D eigenvalue weighted by molar-refractivity contribution is -0.556. The van der Waals surface area contributed by atoms with E-state index in [2.05, 4.69) is 62.5 Å². The number of unbranched alkanes of at least 4 members (excludes halogenated alkanes) is 1. The number of piperidine rings is 1. The summed E-state index contributed by atoms with van der Waals surface area (Å²) in [5.41, 5.74) is 4.90. The molecule has 194 valence electrons. The molecule has 4 aliphatic heterocycles. The van der Waals surface area contributed by atoms with Crippen LogP contribution in [0.4, 0.5) is 11.5 Å². The number of piperazine rings is 1. The van der Waals surface area contributed by atoms with E-state index in [0.29, 0.717) is 30.1 Å². The number of fused-ring (bicyclic) bond motifs is 3. The van der Waals surface area contributed by atoms with Crippen molar-refractivity contribution in [1.82, 2.24) is 14.9 Å². The summed E-state index contributed by atoms with van der Waals surface area (Å²) in [6, 6.07) is 13.8. The molecule has 9 heteroatoms. The Labute approximate surface area is 222 Å². The lowest BCUT2D eigenvalue weighted by Crippen LogP contribution is -2.68. The predicted octanol–water partition coefficient (Wildman–Crippen LogP) is 2.83. The molecule has 3 fully saturated rings. The van der Waals surface area contributed by atoms with Gasteiger partial charge in [-0.2, -0.15) is 5.26 Å². The monoisotopic (exact) mass is 509 g/mol. The van der Waals surface area contributed by atoms with Crippen molar-refractivity contribution in [3.8, 4) is 23.1 Å². The molecule has 0 radical (unpaired) electrons. The first-order valence-electron chi connectivity index (χ1n) is 13.4. The molecule has 0 aliphatic carbocycles. The van der Waals surface area contributed by atoms with Crippen molar-refractivity contribution in [3.63, 3.8) is 0 Å². The second kappa shape index (κ2) is 10.4. The average molecular weight is 510 g/mol. The molecule has 0 saturated carbocycles. The Morgan fingerprint density at radius 2 is 2.03 bits per heavy atom. The number of hydrogen-bond acceptors (Lipinski definition) is 8. The van der Waals surface area contributed by atoms with Crippen molar-refractivity contribution >= 4 is 17.1 Å². The minimum Gasteiger partial charge on any atom is -0.481 e. The van der Waals surface area contributed by atoms with Crippen LogP contribution < -0.4 is 24.7 Å². The Morgan fingerprint density at radius 3 is 2.71 bits per heavy atom. The van der Waals surface area contributed by atoms with Crippen LogP contribution >= 0.6 is 0 Å². The maximum Gasteiger partial charge on any atom is 0.261 e. The Bertz CT molecular complexity index is 1470. The molecule has 7 rings (SSSR count). The first kappa shape index (κ1) is 24.3. The molecule has 3 saturated heterocycles. The van der Waals surface area contributed by atoms with Gasteiger partial charge in [0.25, 0.3) is 5.35 Å². The van der Waals surface area contributed by atoms with Crippen LogP contribution in [-0.4, -0.2) is 60.2 Å². The van der Waals surface area contributed by atoms with E-state index in [1.165, 1.54) is 12.0 Å². The summed E-state index contributed by atoms with van der Waals surface area (Å²) in [5, 5.41) is 18.6. The molecule has 0 amide bonds. The molecule has 7 heterocycles. The predicted molar refractivity (Wildman–Crippen MR) is 145 cm³/mol. The van der Waals surface area contributed by atoms with Crippen LogP contribution in [0.3, 0.4) is 0 Å². The van der Waals surface area contributed by atoms with Crippen LogP contribution in [0.5, 0.6) is 5.88 Å². The molecule has 3 aromatic rings. The third-order valence-corrected chi connectivity index (χ3v) is 7.81. The molecule has 1 N–H and O–H groups in total. The smallest absolute Gasteiger partial charge is 0.261 e. The fourth-order valence-electron chi connectivity index (χ4n) is 5.73. The number of nitriles is 1. The van der Waals surface area contributed by atoms with Crippen LogP contribution in [0.25, 0.3) is 16.7 Å². The van der Waals surface area contributed by atoms with E-state index in [4.69, 9.17) is 9.72 Å². The molecule has 4 aliphatic rings. The highest BCUT2D eigenvalue weighted by molar-refractivity contribution is 5.73. The van der Waals surface area contributed by atoms with Crippen LogP contribution in [0.15, 0.2) is 54.0 Å². The zero-order valence-corrected chi connectivity index (χ0v) is 22.0. The summed E-state index contributed by atoms with van der Waals surface area (Å²) in [7, 11) is 1.64. The van der Waals surface area contributed by atoms with E-state index in [0.717, 1.165) is 67.0 Å². The summed E-state index contributed by atoms with van der Waals surface area (Å²) in [6.07, 6.45) is 9.30. The Morgan fingerprint density at radius 1 is 1.16 bits per heavy atom. The van der Waals surface area contributed by atoms with Gasteiger partial charge >= 0.3 is 0 Å². The minimum atomic E-state index is 0.410. The molecule has 2 unspecified atom stereocenters. The SMILES string of the molecule is CCCCNc1cc(-c2ccc(N3CC4CC(C3)N4Cc3ccc(OC)nc3)nc2)c2[n+](c1)=NCC=2C#N. The second-order valence-corrected chi connectivity index (χ2v) is 10.2. The number of methoxy groups -OCH3 is 1. The maximum atomic E-state index is 9.70. The minimum absolute atomic E-state index is 0.410. The largest absolute Gasteiger partial charge is 0.481 e. The van der Waals surface area contributed by atoms with E-state index in [1.54, 1.807) is 7.11 Å². The van der Waals surface area contributed by atoms with Gasteiger partial charge in [-0.15, -0.1) is 0 Å². The van der Waals surface area contributed by atoms with Gasteiger partial charge in [-0.25, -0.2) is 9.97 Å². The number of hydrogen-bond donors (Lipinski definition) is 1. The Hall–Kier alpha value is -4.03. The van der Waals surface area contributed by atoms with Crippen LogP contribution in [0.2, 0.25) is 0 Å². The summed E-state index contributed by atoms with van der Waals surface area (Å²) < 4.78 is 7.03. The zero-order chi connectivity index (χ0) is 26.1. The molecule has 2 bridgehead atoms. The summed E-state index contributed by atoms with van der Waals surface area (Å²) >= 11 is 0. The quantitative estimate of drug-likeness (QED) is 0.350. The van der Waals surface area contributed by atoms with Crippen molar-refractivity contribution in [1.29, 1.82) is 5.26 Å². The van der Waals surface area contributed by atoms with Crippen LogP contribution in [0, 0.1) is 11.3 Å². The highest BCUT2D eigenvalue weighted by Crippen LogP contribution is 2.35. The van der Waals surface area contributed by atoms with Gasteiger partial charge in [0.05, 0.1) is 12.7 Å². The highest BCUT2D eigenvalue weighted by Gasteiger charge is 2.44. The molecular formula is C29H33N8O+. The van der Waals surface area contributed by atoms with Gasteiger partial charge in [0.15, 0.2) is 0 Å². The summed E-state index contributed by atoms with van der Waals surface area (Å²) in [6.45, 7) is 6.36. The first-order chi connectivity index (χ1) is 18.7. The zero-order valence-electron chi connectivity index (χ0n) is 22.0. The van der Waals surface area contributed by atoms with Crippen molar-refractivity contribution < 1.29 is 9.10 Å². The molecule has 3 aromatic heterocycles. The first-order valence-corrected chi connectivity index (χ1v) is 13.4. The van der Waals surface area contributed by atoms with Gasteiger partial charge in [0.2, 0.25) is 12.1 Å². The highest BCUT2D eigenvalue weighted by atomic mass is 16.5. The fourth-order valence-corrected chi connectivity index (χ4v) is 5.73. The lowest BCUT2D eigenvalue weighted by Gasteiger charge is -2.56. The van der Waals surface area contributed by atoms with Gasteiger partial charge in [-0.1, -0.05) is 23.8 Å². The van der Waals surface area contributed by atoms with Gasteiger partial charge in [0.1, 0.15) is 29.7 Å². The third kappa shape index (κ3) is 4.56. The van der Waals surface area contributed by atoms with Crippen LogP contribution in [0.1, 0.15) is 31.7 Å². The molecule has 0 spiro atoms. The molecule has 2 atom stereocenters. The van der Waals surface area contributed by atoms with Crippen molar-refractivity contribution in [2.24, 2.45) is 5.11 Å². The van der Waals surface area contributed by atoms with E-state index >= 15 is 0 Å². The number of rotatable bonds is 9.